The fourth-order valence-corrected chi connectivity index (χ4v) is 2.38. The van der Waals surface area contributed by atoms with Crippen molar-refractivity contribution in [1.82, 2.24) is 5.43 Å². The van der Waals surface area contributed by atoms with Crippen molar-refractivity contribution in [3.8, 4) is 11.5 Å². The number of methoxy groups -OCH3 is 1. The van der Waals surface area contributed by atoms with Crippen LogP contribution in [-0.4, -0.2) is 36.2 Å². The molecular weight excluding hydrogens is 416 g/mol. The number of ether oxygens (including phenoxy) is 2. The number of nitro groups is 1. The number of benzene rings is 2. The molecule has 0 atom stereocenters. The fourth-order valence-electron chi connectivity index (χ4n) is 2.22. The number of carbonyl (C=O) groups is 2. The molecule has 0 aliphatic heterocycles. The smallest absolute Gasteiger partial charge is 0.277 e. The van der Waals surface area contributed by atoms with Gasteiger partial charge in [-0.15, -0.1) is 0 Å². The molecule has 0 radical (unpaired) electrons. The minimum absolute atomic E-state index is 0.111. The molecule has 0 saturated carbocycles. The molecule has 158 valence electrons. The van der Waals surface area contributed by atoms with Crippen molar-refractivity contribution in [2.75, 3.05) is 19.0 Å². The first-order valence-corrected chi connectivity index (χ1v) is 8.99. The second kappa shape index (κ2) is 10.8. The zero-order valence-electron chi connectivity index (χ0n) is 16.2. The lowest BCUT2D eigenvalue weighted by Gasteiger charge is -2.08. The third kappa shape index (κ3) is 7.06. The molecule has 2 aromatic rings. The number of nitrogens with zero attached hydrogens (tertiary/aromatic N) is 2. The quantitative estimate of drug-likeness (QED) is 0.354. The highest BCUT2D eigenvalue weighted by atomic mass is 35.5. The van der Waals surface area contributed by atoms with E-state index < -0.39 is 16.7 Å². The number of hydrazone groups is 1. The predicted octanol–water partition coefficient (Wildman–Crippen LogP) is 3.16. The molecule has 0 heterocycles. The van der Waals surface area contributed by atoms with E-state index >= 15 is 0 Å². The van der Waals surface area contributed by atoms with Crippen LogP contribution in [0.4, 0.5) is 11.4 Å². The molecule has 11 heteroatoms. The highest BCUT2D eigenvalue weighted by Gasteiger charge is 2.13. The van der Waals surface area contributed by atoms with E-state index in [-0.39, 0.29) is 29.4 Å². The van der Waals surface area contributed by atoms with Gasteiger partial charge in [-0.3, -0.25) is 19.7 Å². The van der Waals surface area contributed by atoms with Crippen molar-refractivity contribution >= 4 is 40.5 Å². The standard InChI is InChI=1S/C19H19ClN4O6/c1-12(8-18(25)21-17-9-13(24(27)28)6-7-16(17)20)22-23-19(26)11-30-15-5-3-4-14(10-15)29-2/h3-7,9-10H,8,11H2,1-2H3,(H,21,25)(H,23,26)/b22-12-. The van der Waals surface area contributed by atoms with Crippen molar-refractivity contribution in [3.63, 3.8) is 0 Å². The number of carbonyl (C=O) groups excluding carboxylic acids is 2. The Balaban J connectivity index is 1.84. The van der Waals surface area contributed by atoms with Crippen LogP contribution in [0, 0.1) is 10.1 Å². The van der Waals surface area contributed by atoms with Gasteiger partial charge < -0.3 is 14.8 Å². The third-order valence-electron chi connectivity index (χ3n) is 3.63. The Morgan fingerprint density at radius 2 is 1.90 bits per heavy atom. The number of nitrogens with one attached hydrogen (secondary N) is 2. The first-order chi connectivity index (χ1) is 14.3. The molecule has 0 aliphatic rings. The van der Waals surface area contributed by atoms with E-state index in [0.717, 1.165) is 6.07 Å². The van der Waals surface area contributed by atoms with E-state index in [1.165, 1.54) is 26.2 Å². The van der Waals surface area contributed by atoms with Gasteiger partial charge in [0.05, 0.1) is 29.2 Å². The maximum absolute atomic E-state index is 12.1. The average molecular weight is 435 g/mol. The number of halogens is 1. The van der Waals surface area contributed by atoms with Gasteiger partial charge in [-0.05, 0) is 25.1 Å². The average Bonchev–Trinajstić information content (AvgIpc) is 2.72. The minimum Gasteiger partial charge on any atom is -0.497 e. The van der Waals surface area contributed by atoms with Gasteiger partial charge in [-0.1, -0.05) is 17.7 Å². The van der Waals surface area contributed by atoms with Crippen molar-refractivity contribution in [1.29, 1.82) is 0 Å². The van der Waals surface area contributed by atoms with E-state index in [1.807, 2.05) is 0 Å². The van der Waals surface area contributed by atoms with Crippen molar-refractivity contribution in [3.05, 3.63) is 57.6 Å². The maximum Gasteiger partial charge on any atom is 0.277 e. The summed E-state index contributed by atoms with van der Waals surface area (Å²) in [5.74, 6) is 0.0369. The number of non-ortho nitro benzene ring substituents is 1. The Kier molecular flexibility index (Phi) is 8.12. The monoisotopic (exact) mass is 434 g/mol. The van der Waals surface area contributed by atoms with Gasteiger partial charge in [0, 0.05) is 23.9 Å². The molecule has 10 nitrogen and oxygen atoms in total. The zero-order valence-corrected chi connectivity index (χ0v) is 16.9. The maximum atomic E-state index is 12.1. The minimum atomic E-state index is -0.595. The third-order valence-corrected chi connectivity index (χ3v) is 3.96. The largest absolute Gasteiger partial charge is 0.497 e. The second-order valence-electron chi connectivity index (χ2n) is 6.00. The molecular formula is C19H19ClN4O6. The van der Waals surface area contributed by atoms with Crippen molar-refractivity contribution in [2.24, 2.45) is 5.10 Å². The summed E-state index contributed by atoms with van der Waals surface area (Å²) >= 11 is 5.94. The lowest BCUT2D eigenvalue weighted by atomic mass is 10.2. The molecule has 2 aromatic carbocycles. The summed E-state index contributed by atoms with van der Waals surface area (Å²) in [7, 11) is 1.52. The number of amides is 2. The van der Waals surface area contributed by atoms with E-state index in [9.17, 15) is 19.7 Å². The summed E-state index contributed by atoms with van der Waals surface area (Å²) in [6.07, 6.45) is -0.157. The number of hydrogen-bond acceptors (Lipinski definition) is 7. The zero-order chi connectivity index (χ0) is 22.1. The molecule has 0 spiro atoms. The number of rotatable bonds is 9. The van der Waals surface area contributed by atoms with Crippen LogP contribution in [0.2, 0.25) is 5.02 Å². The van der Waals surface area contributed by atoms with Crippen LogP contribution in [0.1, 0.15) is 13.3 Å². The Bertz CT molecular complexity index is 979. The second-order valence-corrected chi connectivity index (χ2v) is 6.40. The summed E-state index contributed by atoms with van der Waals surface area (Å²) in [5, 5.41) is 17.3. The number of nitro benzene ring substituents is 1. The van der Waals surface area contributed by atoms with Gasteiger partial charge in [-0.25, -0.2) is 5.43 Å². The van der Waals surface area contributed by atoms with Gasteiger partial charge in [0.2, 0.25) is 5.91 Å². The number of anilines is 1. The van der Waals surface area contributed by atoms with E-state index in [1.54, 1.807) is 24.3 Å². The molecule has 2 amide bonds. The fraction of sp³-hybridized carbons (Fsp3) is 0.211. The molecule has 0 aromatic heterocycles. The summed E-state index contributed by atoms with van der Waals surface area (Å²) in [6, 6.07) is 10.5. The van der Waals surface area contributed by atoms with Crippen LogP contribution in [-0.2, 0) is 9.59 Å². The molecule has 2 rings (SSSR count). The van der Waals surface area contributed by atoms with Crippen molar-refractivity contribution < 1.29 is 24.0 Å². The molecule has 30 heavy (non-hydrogen) atoms. The Morgan fingerprint density at radius 3 is 2.60 bits per heavy atom. The van der Waals surface area contributed by atoms with Gasteiger partial charge >= 0.3 is 0 Å². The molecule has 0 aliphatic carbocycles. The first kappa shape index (κ1) is 22.6. The first-order valence-electron chi connectivity index (χ1n) is 8.61. The summed E-state index contributed by atoms with van der Waals surface area (Å²) in [5.41, 5.74) is 2.50. The SMILES string of the molecule is COc1cccc(OCC(=O)N/N=C(/C)CC(=O)Nc2cc([N+](=O)[O-])ccc2Cl)c1. The van der Waals surface area contributed by atoms with Crippen LogP contribution < -0.4 is 20.2 Å². The van der Waals surface area contributed by atoms with Gasteiger partial charge in [-0.2, -0.15) is 5.10 Å². The highest BCUT2D eigenvalue weighted by Crippen LogP contribution is 2.26. The van der Waals surface area contributed by atoms with Gasteiger partial charge in [0.15, 0.2) is 6.61 Å². The normalized spacial score (nSPS) is 10.8. The topological polar surface area (TPSA) is 132 Å². The van der Waals surface area contributed by atoms with Crippen LogP contribution >= 0.6 is 11.6 Å². The highest BCUT2D eigenvalue weighted by molar-refractivity contribution is 6.33. The Labute approximate surface area is 177 Å². The van der Waals surface area contributed by atoms with Gasteiger partial charge in [0.25, 0.3) is 11.6 Å². The van der Waals surface area contributed by atoms with E-state index in [0.29, 0.717) is 17.2 Å². The van der Waals surface area contributed by atoms with Gasteiger partial charge in [0.1, 0.15) is 11.5 Å². The van der Waals surface area contributed by atoms with Crippen LogP contribution in [0.5, 0.6) is 11.5 Å². The molecule has 2 N–H and O–H groups in total. The summed E-state index contributed by atoms with van der Waals surface area (Å²) in [4.78, 5) is 34.2. The number of hydrogen-bond donors (Lipinski definition) is 2. The van der Waals surface area contributed by atoms with Crippen LogP contribution in [0.15, 0.2) is 47.6 Å². The lowest BCUT2D eigenvalue weighted by Crippen LogP contribution is -2.26. The Hall–Kier alpha value is -3.66. The lowest BCUT2D eigenvalue weighted by molar-refractivity contribution is -0.384. The molecule has 0 bridgehead atoms. The molecule has 0 saturated heterocycles. The van der Waals surface area contributed by atoms with Crippen LogP contribution in [0.3, 0.4) is 0 Å². The Morgan fingerprint density at radius 1 is 1.17 bits per heavy atom. The molecule has 0 fully saturated rings. The summed E-state index contributed by atoms with van der Waals surface area (Å²) < 4.78 is 10.4. The molecule has 0 unspecified atom stereocenters. The van der Waals surface area contributed by atoms with Crippen LogP contribution in [0.25, 0.3) is 0 Å². The summed E-state index contributed by atoms with van der Waals surface area (Å²) in [6.45, 7) is 1.26. The van der Waals surface area contributed by atoms with E-state index in [4.69, 9.17) is 21.1 Å². The van der Waals surface area contributed by atoms with E-state index in [2.05, 4.69) is 15.8 Å². The van der Waals surface area contributed by atoms with Crippen molar-refractivity contribution in [2.45, 2.75) is 13.3 Å². The predicted molar refractivity (Wildman–Crippen MR) is 111 cm³/mol.